The van der Waals surface area contributed by atoms with Crippen LogP contribution >= 0.6 is 0 Å². The van der Waals surface area contributed by atoms with Crippen LogP contribution in [-0.4, -0.2) is 11.5 Å². The number of aromatic nitrogens is 1. The molecule has 0 aliphatic heterocycles. The van der Waals surface area contributed by atoms with Crippen molar-refractivity contribution in [3.63, 3.8) is 0 Å². The fourth-order valence-corrected chi connectivity index (χ4v) is 2.01. The lowest BCUT2D eigenvalue weighted by atomic mass is 10.1. The van der Waals surface area contributed by atoms with Gasteiger partial charge in [-0.3, -0.25) is 4.98 Å². The number of hydrogen-bond acceptors (Lipinski definition) is 3. The van der Waals surface area contributed by atoms with E-state index in [4.69, 9.17) is 10.5 Å². The second-order valence-corrected chi connectivity index (χ2v) is 4.66. The number of aryl methyl sites for hydroxylation is 2. The van der Waals surface area contributed by atoms with Crippen molar-refractivity contribution in [3.05, 3.63) is 53.1 Å². The SMILES string of the molecule is CCc1nc(C)ccc1Oc1ccc(CCN)cc1F. The second-order valence-electron chi connectivity index (χ2n) is 4.66. The number of ether oxygens (including phenoxy) is 1. The molecular formula is C16H19FN2O. The molecule has 0 atom stereocenters. The smallest absolute Gasteiger partial charge is 0.165 e. The van der Waals surface area contributed by atoms with Crippen LogP contribution in [0.2, 0.25) is 0 Å². The number of benzene rings is 1. The molecule has 2 N–H and O–H groups in total. The van der Waals surface area contributed by atoms with Crippen molar-refractivity contribution in [2.45, 2.75) is 26.7 Å². The van der Waals surface area contributed by atoms with Crippen molar-refractivity contribution in [3.8, 4) is 11.5 Å². The van der Waals surface area contributed by atoms with Crippen LogP contribution in [0.5, 0.6) is 11.5 Å². The molecule has 0 saturated heterocycles. The summed E-state index contributed by atoms with van der Waals surface area (Å²) < 4.78 is 19.6. The van der Waals surface area contributed by atoms with Crippen LogP contribution in [0.25, 0.3) is 0 Å². The van der Waals surface area contributed by atoms with Gasteiger partial charge in [-0.05, 0) is 56.1 Å². The van der Waals surface area contributed by atoms with Gasteiger partial charge in [0.25, 0.3) is 0 Å². The highest BCUT2D eigenvalue weighted by Crippen LogP contribution is 2.27. The van der Waals surface area contributed by atoms with Gasteiger partial charge in [-0.25, -0.2) is 4.39 Å². The molecule has 0 amide bonds. The van der Waals surface area contributed by atoms with E-state index in [1.807, 2.05) is 32.0 Å². The number of hydrogen-bond donors (Lipinski definition) is 1. The lowest BCUT2D eigenvalue weighted by Crippen LogP contribution is -2.03. The van der Waals surface area contributed by atoms with E-state index in [1.54, 1.807) is 6.07 Å². The molecule has 0 radical (unpaired) electrons. The largest absolute Gasteiger partial charge is 0.452 e. The molecule has 0 unspecified atom stereocenters. The lowest BCUT2D eigenvalue weighted by Gasteiger charge is -2.11. The van der Waals surface area contributed by atoms with Crippen molar-refractivity contribution in [1.29, 1.82) is 0 Å². The van der Waals surface area contributed by atoms with Gasteiger partial charge >= 0.3 is 0 Å². The Morgan fingerprint density at radius 3 is 2.60 bits per heavy atom. The molecular weight excluding hydrogens is 255 g/mol. The minimum absolute atomic E-state index is 0.214. The highest BCUT2D eigenvalue weighted by atomic mass is 19.1. The Bertz CT molecular complexity index is 599. The van der Waals surface area contributed by atoms with E-state index in [2.05, 4.69) is 4.98 Å². The van der Waals surface area contributed by atoms with E-state index in [0.29, 0.717) is 18.7 Å². The van der Waals surface area contributed by atoms with Gasteiger partial charge in [-0.15, -0.1) is 0 Å². The van der Waals surface area contributed by atoms with E-state index in [9.17, 15) is 4.39 Å². The summed E-state index contributed by atoms with van der Waals surface area (Å²) in [7, 11) is 0. The van der Waals surface area contributed by atoms with E-state index >= 15 is 0 Å². The number of nitrogens with two attached hydrogens (primary N) is 1. The summed E-state index contributed by atoms with van der Waals surface area (Å²) in [4.78, 5) is 4.40. The van der Waals surface area contributed by atoms with Gasteiger partial charge in [0.2, 0.25) is 0 Å². The van der Waals surface area contributed by atoms with Gasteiger partial charge in [0.05, 0.1) is 5.69 Å². The Hall–Kier alpha value is -1.94. The van der Waals surface area contributed by atoms with Crippen LogP contribution in [0, 0.1) is 12.7 Å². The highest BCUT2D eigenvalue weighted by Gasteiger charge is 2.09. The van der Waals surface area contributed by atoms with Crippen molar-refractivity contribution in [1.82, 2.24) is 4.98 Å². The molecule has 0 aliphatic carbocycles. The predicted octanol–water partition coefficient (Wildman–Crippen LogP) is 3.39. The fourth-order valence-electron chi connectivity index (χ4n) is 2.01. The van der Waals surface area contributed by atoms with E-state index < -0.39 is 0 Å². The molecule has 4 heteroatoms. The zero-order chi connectivity index (χ0) is 14.5. The summed E-state index contributed by atoms with van der Waals surface area (Å²) in [6.07, 6.45) is 1.40. The Kier molecular flexibility index (Phi) is 4.69. The third-order valence-electron chi connectivity index (χ3n) is 3.06. The fraction of sp³-hybridized carbons (Fsp3) is 0.312. The first-order valence-electron chi connectivity index (χ1n) is 6.77. The molecule has 0 spiro atoms. The summed E-state index contributed by atoms with van der Waals surface area (Å²) >= 11 is 0. The predicted molar refractivity (Wildman–Crippen MR) is 77.6 cm³/mol. The molecule has 20 heavy (non-hydrogen) atoms. The van der Waals surface area contributed by atoms with Crippen molar-refractivity contribution in [2.75, 3.05) is 6.54 Å². The van der Waals surface area contributed by atoms with E-state index in [1.165, 1.54) is 6.07 Å². The molecule has 3 nitrogen and oxygen atoms in total. The molecule has 0 fully saturated rings. The van der Waals surface area contributed by atoms with Crippen LogP contribution in [0.4, 0.5) is 4.39 Å². The van der Waals surface area contributed by atoms with Crippen LogP contribution in [0.15, 0.2) is 30.3 Å². The third kappa shape index (κ3) is 3.33. The Balaban J connectivity index is 2.26. The van der Waals surface area contributed by atoms with Gasteiger partial charge in [-0.2, -0.15) is 0 Å². The normalized spacial score (nSPS) is 10.6. The first-order chi connectivity index (χ1) is 9.63. The first-order valence-corrected chi connectivity index (χ1v) is 6.77. The minimum Gasteiger partial charge on any atom is -0.452 e. The zero-order valence-corrected chi connectivity index (χ0v) is 11.8. The van der Waals surface area contributed by atoms with Gasteiger partial charge < -0.3 is 10.5 Å². The number of halogens is 1. The first kappa shape index (κ1) is 14.5. The quantitative estimate of drug-likeness (QED) is 0.909. The van der Waals surface area contributed by atoms with Crippen molar-refractivity contribution < 1.29 is 9.13 Å². The van der Waals surface area contributed by atoms with Crippen LogP contribution < -0.4 is 10.5 Å². The summed E-state index contributed by atoms with van der Waals surface area (Å²) in [6.45, 7) is 4.42. The second kappa shape index (κ2) is 6.48. The van der Waals surface area contributed by atoms with E-state index in [-0.39, 0.29) is 11.6 Å². The summed E-state index contributed by atoms with van der Waals surface area (Å²) in [5.74, 6) is 0.438. The summed E-state index contributed by atoms with van der Waals surface area (Å²) in [6, 6.07) is 8.62. The van der Waals surface area contributed by atoms with Crippen molar-refractivity contribution >= 4 is 0 Å². The van der Waals surface area contributed by atoms with Gasteiger partial charge in [0.15, 0.2) is 11.6 Å². The van der Waals surface area contributed by atoms with Crippen LogP contribution in [0.1, 0.15) is 23.9 Å². The third-order valence-corrected chi connectivity index (χ3v) is 3.06. The molecule has 2 aromatic rings. The topological polar surface area (TPSA) is 48.1 Å². The lowest BCUT2D eigenvalue weighted by molar-refractivity contribution is 0.435. The monoisotopic (exact) mass is 274 g/mol. The number of rotatable bonds is 5. The molecule has 106 valence electrons. The molecule has 2 rings (SSSR count). The average molecular weight is 274 g/mol. The Labute approximate surface area is 118 Å². The number of nitrogens with zero attached hydrogens (tertiary/aromatic N) is 1. The molecule has 0 bridgehead atoms. The zero-order valence-electron chi connectivity index (χ0n) is 11.8. The van der Waals surface area contributed by atoms with Gasteiger partial charge in [0.1, 0.15) is 5.75 Å². The maximum absolute atomic E-state index is 14.0. The Morgan fingerprint density at radius 1 is 1.20 bits per heavy atom. The maximum Gasteiger partial charge on any atom is 0.165 e. The number of pyridine rings is 1. The summed E-state index contributed by atoms with van der Waals surface area (Å²) in [5, 5.41) is 0. The van der Waals surface area contributed by atoms with Gasteiger partial charge in [0, 0.05) is 5.69 Å². The van der Waals surface area contributed by atoms with Crippen LogP contribution in [0.3, 0.4) is 0 Å². The molecule has 0 saturated carbocycles. The van der Waals surface area contributed by atoms with E-state index in [0.717, 1.165) is 23.4 Å². The molecule has 1 aromatic carbocycles. The average Bonchev–Trinajstić information content (AvgIpc) is 2.43. The van der Waals surface area contributed by atoms with Gasteiger partial charge in [-0.1, -0.05) is 13.0 Å². The van der Waals surface area contributed by atoms with Crippen LogP contribution in [-0.2, 0) is 12.8 Å². The minimum atomic E-state index is -0.376. The molecule has 1 aromatic heterocycles. The van der Waals surface area contributed by atoms with Crippen molar-refractivity contribution in [2.24, 2.45) is 5.73 Å². The highest BCUT2D eigenvalue weighted by molar-refractivity contribution is 5.37. The molecule has 1 heterocycles. The summed E-state index contributed by atoms with van der Waals surface area (Å²) in [5.41, 5.74) is 8.09. The molecule has 0 aliphatic rings. The Morgan fingerprint density at radius 2 is 1.95 bits per heavy atom. The maximum atomic E-state index is 14.0. The standard InChI is InChI=1S/C16H19FN2O/c1-3-14-16(6-4-11(2)19-14)20-15-7-5-12(8-9-18)10-13(15)17/h4-7,10H,3,8-9,18H2,1-2H3.